The van der Waals surface area contributed by atoms with Gasteiger partial charge in [-0.3, -0.25) is 9.69 Å². The van der Waals surface area contributed by atoms with Crippen LogP contribution in [0.25, 0.3) is 0 Å². The molecule has 1 fully saturated rings. The van der Waals surface area contributed by atoms with Gasteiger partial charge in [-0.05, 0) is 57.8 Å². The quantitative estimate of drug-likeness (QED) is 0.715. The highest BCUT2D eigenvalue weighted by Crippen LogP contribution is 2.15. The molecule has 0 spiro atoms. The zero-order valence-electron chi connectivity index (χ0n) is 12.2. The number of likely N-dealkylation sites (tertiary alicyclic amines) is 1. The number of hydrogen-bond acceptors (Lipinski definition) is 3. The first-order valence-corrected chi connectivity index (χ1v) is 7.31. The van der Waals surface area contributed by atoms with Gasteiger partial charge < -0.3 is 10.6 Å². The Labute approximate surface area is 111 Å². The van der Waals surface area contributed by atoms with Crippen molar-refractivity contribution >= 4 is 5.91 Å². The van der Waals surface area contributed by atoms with Gasteiger partial charge in [0.05, 0.1) is 6.54 Å². The number of likely N-dealkylation sites (N-methyl/N-ethyl adjacent to an activating group) is 1. The van der Waals surface area contributed by atoms with Crippen LogP contribution in [0.1, 0.15) is 33.6 Å². The minimum absolute atomic E-state index is 0.161. The van der Waals surface area contributed by atoms with Crippen LogP contribution in [0.2, 0.25) is 0 Å². The van der Waals surface area contributed by atoms with Crippen LogP contribution < -0.4 is 10.6 Å². The zero-order chi connectivity index (χ0) is 13.4. The normalized spacial score (nSPS) is 18.2. The molecule has 0 aliphatic carbocycles. The first kappa shape index (κ1) is 15.4. The van der Waals surface area contributed by atoms with Crippen molar-refractivity contribution in [1.29, 1.82) is 0 Å². The van der Waals surface area contributed by atoms with Gasteiger partial charge in [-0.1, -0.05) is 13.8 Å². The lowest BCUT2D eigenvalue weighted by Gasteiger charge is -2.31. The van der Waals surface area contributed by atoms with E-state index in [9.17, 15) is 4.79 Å². The molecule has 0 atom stereocenters. The summed E-state index contributed by atoms with van der Waals surface area (Å²) in [6.45, 7) is 12.1. The maximum atomic E-state index is 11.5. The lowest BCUT2D eigenvalue weighted by Crippen LogP contribution is -2.43. The van der Waals surface area contributed by atoms with Gasteiger partial charge in [-0.2, -0.15) is 0 Å². The Morgan fingerprint density at radius 1 is 1.33 bits per heavy atom. The summed E-state index contributed by atoms with van der Waals surface area (Å²) in [6, 6.07) is 0. The van der Waals surface area contributed by atoms with E-state index in [4.69, 9.17) is 0 Å². The van der Waals surface area contributed by atoms with Crippen LogP contribution in [-0.2, 0) is 4.79 Å². The van der Waals surface area contributed by atoms with E-state index >= 15 is 0 Å². The number of nitrogens with zero attached hydrogens (tertiary/aromatic N) is 1. The fourth-order valence-electron chi connectivity index (χ4n) is 2.38. The molecule has 1 amide bonds. The summed E-state index contributed by atoms with van der Waals surface area (Å²) < 4.78 is 0. The Bertz CT molecular complexity index is 235. The van der Waals surface area contributed by atoms with E-state index in [-0.39, 0.29) is 5.91 Å². The van der Waals surface area contributed by atoms with Crippen LogP contribution in [0.3, 0.4) is 0 Å². The molecular weight excluding hydrogens is 226 g/mol. The van der Waals surface area contributed by atoms with Crippen molar-refractivity contribution in [1.82, 2.24) is 15.5 Å². The molecule has 0 aromatic carbocycles. The molecule has 2 N–H and O–H groups in total. The molecule has 0 saturated carbocycles. The SMILES string of the molecule is CCNC(=O)CN1CCC(CNCC(C)C)CC1. The molecule has 106 valence electrons. The third kappa shape index (κ3) is 6.36. The molecule has 0 radical (unpaired) electrons. The van der Waals surface area contributed by atoms with Gasteiger partial charge in [0, 0.05) is 6.54 Å². The standard InChI is InChI=1S/C14H29N3O/c1-4-16-14(18)11-17-7-5-13(6-8-17)10-15-9-12(2)3/h12-13,15H,4-11H2,1-3H3,(H,16,18). The summed E-state index contributed by atoms with van der Waals surface area (Å²) >= 11 is 0. The van der Waals surface area contributed by atoms with Crippen molar-refractivity contribution in [2.24, 2.45) is 11.8 Å². The minimum Gasteiger partial charge on any atom is -0.355 e. The molecule has 4 heteroatoms. The Morgan fingerprint density at radius 3 is 2.56 bits per heavy atom. The summed E-state index contributed by atoms with van der Waals surface area (Å²) in [5.74, 6) is 1.67. The number of carbonyl (C=O) groups excluding carboxylic acids is 1. The van der Waals surface area contributed by atoms with Crippen LogP contribution >= 0.6 is 0 Å². The van der Waals surface area contributed by atoms with Crippen molar-refractivity contribution in [3.63, 3.8) is 0 Å². The molecule has 1 heterocycles. The van der Waals surface area contributed by atoms with Crippen molar-refractivity contribution in [2.45, 2.75) is 33.6 Å². The van der Waals surface area contributed by atoms with Gasteiger partial charge in [0.2, 0.25) is 5.91 Å². The summed E-state index contributed by atoms with van der Waals surface area (Å²) in [6.07, 6.45) is 2.43. The Hall–Kier alpha value is -0.610. The van der Waals surface area contributed by atoms with Crippen LogP contribution in [0.15, 0.2) is 0 Å². The van der Waals surface area contributed by atoms with Crippen molar-refractivity contribution in [3.05, 3.63) is 0 Å². The van der Waals surface area contributed by atoms with Crippen molar-refractivity contribution in [2.75, 3.05) is 39.3 Å². The molecule has 4 nitrogen and oxygen atoms in total. The molecule has 1 aliphatic rings. The smallest absolute Gasteiger partial charge is 0.234 e. The monoisotopic (exact) mass is 255 g/mol. The predicted octanol–water partition coefficient (Wildman–Crippen LogP) is 1.08. The van der Waals surface area contributed by atoms with Crippen LogP contribution in [-0.4, -0.2) is 50.1 Å². The lowest BCUT2D eigenvalue weighted by atomic mass is 9.96. The number of hydrogen-bond donors (Lipinski definition) is 2. The summed E-state index contributed by atoms with van der Waals surface area (Å²) in [5, 5.41) is 6.39. The molecule has 1 saturated heterocycles. The Morgan fingerprint density at radius 2 is 2.00 bits per heavy atom. The van der Waals surface area contributed by atoms with Crippen molar-refractivity contribution < 1.29 is 4.79 Å². The second-order valence-electron chi connectivity index (χ2n) is 5.73. The topological polar surface area (TPSA) is 44.4 Å². The van der Waals surface area contributed by atoms with E-state index in [0.29, 0.717) is 6.54 Å². The van der Waals surface area contributed by atoms with E-state index in [0.717, 1.165) is 44.6 Å². The highest BCUT2D eigenvalue weighted by Gasteiger charge is 2.20. The van der Waals surface area contributed by atoms with Gasteiger partial charge in [0.15, 0.2) is 0 Å². The van der Waals surface area contributed by atoms with Crippen LogP contribution in [0.5, 0.6) is 0 Å². The third-order valence-electron chi connectivity index (χ3n) is 3.43. The van der Waals surface area contributed by atoms with Gasteiger partial charge in [0.1, 0.15) is 0 Å². The maximum Gasteiger partial charge on any atom is 0.234 e. The maximum absolute atomic E-state index is 11.5. The number of piperidine rings is 1. The molecule has 0 bridgehead atoms. The molecule has 18 heavy (non-hydrogen) atoms. The highest BCUT2D eigenvalue weighted by atomic mass is 16.2. The van der Waals surface area contributed by atoms with E-state index in [1.165, 1.54) is 12.8 Å². The summed E-state index contributed by atoms with van der Waals surface area (Å²) in [7, 11) is 0. The minimum atomic E-state index is 0.161. The van der Waals surface area contributed by atoms with Crippen molar-refractivity contribution in [3.8, 4) is 0 Å². The molecule has 0 unspecified atom stereocenters. The first-order valence-electron chi connectivity index (χ1n) is 7.31. The Balaban J connectivity index is 2.10. The second-order valence-corrected chi connectivity index (χ2v) is 5.73. The molecule has 1 rings (SSSR count). The van der Waals surface area contributed by atoms with E-state index in [1.54, 1.807) is 0 Å². The fourth-order valence-corrected chi connectivity index (χ4v) is 2.38. The molecular formula is C14H29N3O. The number of carbonyl (C=O) groups is 1. The predicted molar refractivity (Wildman–Crippen MR) is 75.6 cm³/mol. The molecule has 1 aliphatic heterocycles. The average molecular weight is 255 g/mol. The fraction of sp³-hybridized carbons (Fsp3) is 0.929. The zero-order valence-corrected chi connectivity index (χ0v) is 12.2. The number of rotatable bonds is 7. The van der Waals surface area contributed by atoms with Crippen LogP contribution in [0, 0.1) is 11.8 Å². The average Bonchev–Trinajstić information content (AvgIpc) is 2.31. The second kappa shape index (κ2) is 8.48. The first-order chi connectivity index (χ1) is 8.61. The van der Waals surface area contributed by atoms with E-state index in [1.807, 2.05) is 6.92 Å². The summed E-state index contributed by atoms with van der Waals surface area (Å²) in [4.78, 5) is 13.7. The largest absolute Gasteiger partial charge is 0.355 e. The number of amides is 1. The van der Waals surface area contributed by atoms with Gasteiger partial charge >= 0.3 is 0 Å². The number of nitrogens with one attached hydrogen (secondary N) is 2. The lowest BCUT2D eigenvalue weighted by molar-refractivity contribution is -0.122. The van der Waals surface area contributed by atoms with Gasteiger partial charge in [0.25, 0.3) is 0 Å². The highest BCUT2D eigenvalue weighted by molar-refractivity contribution is 5.77. The van der Waals surface area contributed by atoms with Crippen LogP contribution in [0.4, 0.5) is 0 Å². The van der Waals surface area contributed by atoms with E-state index in [2.05, 4.69) is 29.4 Å². The van der Waals surface area contributed by atoms with Gasteiger partial charge in [-0.25, -0.2) is 0 Å². The molecule has 0 aromatic heterocycles. The van der Waals surface area contributed by atoms with E-state index < -0.39 is 0 Å². The Kier molecular flexibility index (Phi) is 7.28. The molecule has 0 aromatic rings. The summed E-state index contributed by atoms with van der Waals surface area (Å²) in [5.41, 5.74) is 0. The third-order valence-corrected chi connectivity index (χ3v) is 3.43. The van der Waals surface area contributed by atoms with Gasteiger partial charge in [-0.15, -0.1) is 0 Å².